The molecule has 16 heavy (non-hydrogen) atoms. The molecule has 1 aromatic rings. The third kappa shape index (κ3) is 2.38. The first-order valence-corrected chi connectivity index (χ1v) is 6.41. The molecule has 1 unspecified atom stereocenters. The third-order valence-corrected chi connectivity index (χ3v) is 3.50. The molecule has 1 aliphatic heterocycles. The van der Waals surface area contributed by atoms with Crippen molar-refractivity contribution in [2.75, 3.05) is 24.5 Å². The maximum atomic E-state index is 3.47. The second-order valence-electron chi connectivity index (χ2n) is 4.48. The highest BCUT2D eigenvalue weighted by atomic mass is 15.2. The van der Waals surface area contributed by atoms with Gasteiger partial charge in [0.2, 0.25) is 0 Å². The van der Waals surface area contributed by atoms with Crippen LogP contribution in [-0.2, 0) is 6.42 Å². The number of nitrogens with one attached hydrogen (secondary N) is 1. The topological polar surface area (TPSA) is 15.3 Å². The normalized spacial score (nSPS) is 21.1. The van der Waals surface area contributed by atoms with Gasteiger partial charge in [-0.1, -0.05) is 26.0 Å². The van der Waals surface area contributed by atoms with Gasteiger partial charge in [0.1, 0.15) is 0 Å². The van der Waals surface area contributed by atoms with Crippen LogP contribution in [0.15, 0.2) is 24.3 Å². The van der Waals surface area contributed by atoms with E-state index in [9.17, 15) is 0 Å². The zero-order valence-electron chi connectivity index (χ0n) is 10.4. The molecule has 1 N–H and O–H groups in total. The van der Waals surface area contributed by atoms with Crippen LogP contribution < -0.4 is 10.2 Å². The fourth-order valence-corrected chi connectivity index (χ4v) is 2.39. The smallest absolute Gasteiger partial charge is 0.0412 e. The molecular formula is C14H22N2. The van der Waals surface area contributed by atoms with Crippen molar-refractivity contribution in [1.82, 2.24) is 5.32 Å². The van der Waals surface area contributed by atoms with Gasteiger partial charge in [-0.2, -0.15) is 0 Å². The Hall–Kier alpha value is -1.02. The molecular weight excluding hydrogens is 196 g/mol. The van der Waals surface area contributed by atoms with E-state index < -0.39 is 0 Å². The third-order valence-electron chi connectivity index (χ3n) is 3.50. The van der Waals surface area contributed by atoms with Gasteiger partial charge in [0, 0.05) is 31.4 Å². The summed E-state index contributed by atoms with van der Waals surface area (Å²) in [5.74, 6) is 0. The first-order chi connectivity index (χ1) is 7.85. The molecule has 1 saturated heterocycles. The molecule has 1 aliphatic rings. The number of nitrogens with zero attached hydrogens (tertiary/aromatic N) is 1. The van der Waals surface area contributed by atoms with Crippen LogP contribution in [-0.4, -0.2) is 25.7 Å². The molecule has 0 radical (unpaired) electrons. The van der Waals surface area contributed by atoms with Crippen molar-refractivity contribution in [2.24, 2.45) is 0 Å². The van der Waals surface area contributed by atoms with Gasteiger partial charge in [-0.3, -0.25) is 0 Å². The lowest BCUT2D eigenvalue weighted by Crippen LogP contribution is -2.51. The highest BCUT2D eigenvalue weighted by Crippen LogP contribution is 2.20. The molecule has 0 aliphatic carbocycles. The molecule has 88 valence electrons. The van der Waals surface area contributed by atoms with Gasteiger partial charge in [0.15, 0.2) is 0 Å². The summed E-state index contributed by atoms with van der Waals surface area (Å²) in [6.07, 6.45) is 2.33. The Kier molecular flexibility index (Phi) is 3.83. The molecule has 1 heterocycles. The van der Waals surface area contributed by atoms with Crippen molar-refractivity contribution in [3.05, 3.63) is 29.8 Å². The zero-order chi connectivity index (χ0) is 11.4. The van der Waals surface area contributed by atoms with E-state index in [1.165, 1.54) is 17.7 Å². The minimum absolute atomic E-state index is 0.654. The first-order valence-electron chi connectivity index (χ1n) is 6.41. The monoisotopic (exact) mass is 218 g/mol. The van der Waals surface area contributed by atoms with Crippen LogP contribution in [0.1, 0.15) is 25.8 Å². The van der Waals surface area contributed by atoms with Crippen LogP contribution in [0.2, 0.25) is 0 Å². The van der Waals surface area contributed by atoms with Crippen molar-refractivity contribution >= 4 is 5.69 Å². The Labute approximate surface area is 98.7 Å². The highest BCUT2D eigenvalue weighted by molar-refractivity contribution is 5.49. The van der Waals surface area contributed by atoms with E-state index >= 15 is 0 Å². The summed E-state index contributed by atoms with van der Waals surface area (Å²) in [4.78, 5) is 2.54. The number of hydrogen-bond donors (Lipinski definition) is 1. The Morgan fingerprint density at radius 2 is 2.00 bits per heavy atom. The second kappa shape index (κ2) is 5.35. The van der Waals surface area contributed by atoms with Crippen molar-refractivity contribution < 1.29 is 0 Å². The predicted molar refractivity (Wildman–Crippen MR) is 70.1 cm³/mol. The molecule has 0 bridgehead atoms. The van der Waals surface area contributed by atoms with Crippen LogP contribution in [0.3, 0.4) is 0 Å². The van der Waals surface area contributed by atoms with Crippen LogP contribution in [0, 0.1) is 0 Å². The summed E-state index contributed by atoms with van der Waals surface area (Å²) < 4.78 is 0. The van der Waals surface area contributed by atoms with E-state index in [4.69, 9.17) is 0 Å². The lowest BCUT2D eigenvalue weighted by atomic mass is 10.1. The summed E-state index contributed by atoms with van der Waals surface area (Å²) >= 11 is 0. The fraction of sp³-hybridized carbons (Fsp3) is 0.571. The molecule has 0 amide bonds. The molecule has 0 saturated carbocycles. The number of anilines is 1. The molecule has 0 aromatic heterocycles. The van der Waals surface area contributed by atoms with Gasteiger partial charge in [-0.25, -0.2) is 0 Å². The van der Waals surface area contributed by atoms with Crippen LogP contribution >= 0.6 is 0 Å². The minimum atomic E-state index is 0.654. The van der Waals surface area contributed by atoms with Gasteiger partial charge in [0.25, 0.3) is 0 Å². The summed E-state index contributed by atoms with van der Waals surface area (Å²) in [7, 11) is 0. The van der Waals surface area contributed by atoms with Crippen molar-refractivity contribution in [3.8, 4) is 0 Å². The summed E-state index contributed by atoms with van der Waals surface area (Å²) in [5.41, 5.74) is 2.80. The van der Waals surface area contributed by atoms with E-state index in [0.717, 1.165) is 26.1 Å². The number of aryl methyl sites for hydroxylation is 1. The summed E-state index contributed by atoms with van der Waals surface area (Å²) in [6.45, 7) is 7.82. The molecule has 1 fully saturated rings. The van der Waals surface area contributed by atoms with Crippen molar-refractivity contribution in [2.45, 2.75) is 32.7 Å². The Bertz CT molecular complexity index is 318. The fourth-order valence-electron chi connectivity index (χ4n) is 2.39. The van der Waals surface area contributed by atoms with Gasteiger partial charge < -0.3 is 10.2 Å². The number of hydrogen-bond acceptors (Lipinski definition) is 2. The summed E-state index contributed by atoms with van der Waals surface area (Å²) in [6, 6.07) is 9.70. The van der Waals surface area contributed by atoms with E-state index in [2.05, 4.69) is 48.3 Å². The average molecular weight is 218 g/mol. The Morgan fingerprint density at radius 3 is 2.62 bits per heavy atom. The lowest BCUT2D eigenvalue weighted by molar-refractivity contribution is 0.466. The van der Waals surface area contributed by atoms with E-state index in [-0.39, 0.29) is 0 Å². The van der Waals surface area contributed by atoms with Gasteiger partial charge in [-0.15, -0.1) is 0 Å². The summed E-state index contributed by atoms with van der Waals surface area (Å²) in [5, 5.41) is 3.47. The van der Waals surface area contributed by atoms with E-state index in [1.54, 1.807) is 0 Å². The van der Waals surface area contributed by atoms with E-state index in [1.807, 2.05) is 0 Å². The molecule has 0 spiro atoms. The number of piperazine rings is 1. The number of rotatable bonds is 3. The van der Waals surface area contributed by atoms with Crippen LogP contribution in [0.25, 0.3) is 0 Å². The highest BCUT2D eigenvalue weighted by Gasteiger charge is 2.20. The molecule has 1 aromatic carbocycles. The average Bonchev–Trinajstić information content (AvgIpc) is 2.39. The second-order valence-corrected chi connectivity index (χ2v) is 4.48. The van der Waals surface area contributed by atoms with Crippen molar-refractivity contribution in [3.63, 3.8) is 0 Å². The molecule has 2 nitrogen and oxygen atoms in total. The Morgan fingerprint density at radius 1 is 1.25 bits per heavy atom. The zero-order valence-corrected chi connectivity index (χ0v) is 10.4. The largest absolute Gasteiger partial charge is 0.366 e. The van der Waals surface area contributed by atoms with Crippen molar-refractivity contribution in [1.29, 1.82) is 0 Å². The van der Waals surface area contributed by atoms with Gasteiger partial charge in [-0.05, 0) is 30.5 Å². The quantitative estimate of drug-likeness (QED) is 0.838. The van der Waals surface area contributed by atoms with Gasteiger partial charge in [0.05, 0.1) is 0 Å². The number of benzene rings is 1. The van der Waals surface area contributed by atoms with E-state index in [0.29, 0.717) is 6.04 Å². The maximum absolute atomic E-state index is 3.47. The van der Waals surface area contributed by atoms with Crippen LogP contribution in [0.4, 0.5) is 5.69 Å². The molecule has 2 heteroatoms. The minimum Gasteiger partial charge on any atom is -0.366 e. The van der Waals surface area contributed by atoms with Gasteiger partial charge >= 0.3 is 0 Å². The first kappa shape index (κ1) is 11.5. The predicted octanol–water partition coefficient (Wildman–Crippen LogP) is 2.44. The maximum Gasteiger partial charge on any atom is 0.0412 e. The molecule has 2 rings (SSSR count). The molecule has 1 atom stereocenters. The Balaban J connectivity index is 2.14. The standard InChI is InChI=1S/C14H22N2/c1-3-12-5-7-14(8-6-12)16-10-9-15-11-13(16)4-2/h5-8,13,15H,3-4,9-11H2,1-2H3. The van der Waals surface area contributed by atoms with Crippen LogP contribution in [0.5, 0.6) is 0 Å². The lowest BCUT2D eigenvalue weighted by Gasteiger charge is -2.37. The SMILES string of the molecule is CCc1ccc(N2CCNCC2CC)cc1.